The minimum atomic E-state index is -0.371. The summed E-state index contributed by atoms with van der Waals surface area (Å²) in [7, 11) is 1.34. The minimum Gasteiger partial charge on any atom is -0.473 e. The number of aryl methyl sites for hydroxylation is 1. The lowest BCUT2D eigenvalue weighted by Crippen LogP contribution is -2.09. The molecular formula is C15H16N2O3. The highest BCUT2D eigenvalue weighted by molar-refractivity contribution is 5.71. The number of rotatable bonds is 5. The SMILES string of the molecule is COC(=O)Cc1nc(C)cc(OCc2ccccc2)n1. The predicted octanol–water partition coefficient (Wildman–Crippen LogP) is 2.08. The molecule has 0 amide bonds. The molecule has 0 radical (unpaired) electrons. The number of carbonyl (C=O) groups excluding carboxylic acids is 1. The van der Waals surface area contributed by atoms with E-state index in [0.29, 0.717) is 18.3 Å². The molecule has 0 aliphatic rings. The van der Waals surface area contributed by atoms with Crippen molar-refractivity contribution in [2.75, 3.05) is 7.11 Å². The van der Waals surface area contributed by atoms with Gasteiger partial charge < -0.3 is 9.47 Å². The van der Waals surface area contributed by atoms with Crippen molar-refractivity contribution in [2.45, 2.75) is 20.0 Å². The second-order valence-corrected chi connectivity index (χ2v) is 4.29. The lowest BCUT2D eigenvalue weighted by Gasteiger charge is -2.07. The van der Waals surface area contributed by atoms with Crippen LogP contribution in [-0.4, -0.2) is 23.0 Å². The first-order valence-corrected chi connectivity index (χ1v) is 6.25. The molecule has 1 aromatic heterocycles. The van der Waals surface area contributed by atoms with E-state index in [4.69, 9.17) is 4.74 Å². The fourth-order valence-corrected chi connectivity index (χ4v) is 1.68. The number of benzene rings is 1. The summed E-state index contributed by atoms with van der Waals surface area (Å²) < 4.78 is 10.2. The van der Waals surface area contributed by atoms with Crippen molar-refractivity contribution < 1.29 is 14.3 Å². The van der Waals surface area contributed by atoms with Crippen LogP contribution in [0.2, 0.25) is 0 Å². The number of methoxy groups -OCH3 is 1. The number of ether oxygens (including phenoxy) is 2. The van der Waals surface area contributed by atoms with Crippen molar-refractivity contribution in [1.82, 2.24) is 9.97 Å². The molecule has 0 aliphatic carbocycles. The minimum absolute atomic E-state index is 0.0415. The number of hydrogen-bond donors (Lipinski definition) is 0. The molecule has 0 spiro atoms. The molecule has 0 unspecified atom stereocenters. The first kappa shape index (κ1) is 14.0. The van der Waals surface area contributed by atoms with Crippen molar-refractivity contribution in [2.24, 2.45) is 0 Å². The van der Waals surface area contributed by atoms with Gasteiger partial charge in [-0.05, 0) is 12.5 Å². The fraction of sp³-hybridized carbons (Fsp3) is 0.267. The summed E-state index contributed by atoms with van der Waals surface area (Å²) in [5, 5.41) is 0. The van der Waals surface area contributed by atoms with Crippen LogP contribution in [0.25, 0.3) is 0 Å². The van der Waals surface area contributed by atoms with Gasteiger partial charge in [0.2, 0.25) is 5.88 Å². The van der Waals surface area contributed by atoms with Gasteiger partial charge in [0.05, 0.1) is 7.11 Å². The van der Waals surface area contributed by atoms with E-state index in [9.17, 15) is 4.79 Å². The number of hydrogen-bond acceptors (Lipinski definition) is 5. The summed E-state index contributed by atoms with van der Waals surface area (Å²) in [5.41, 5.74) is 1.81. The van der Waals surface area contributed by atoms with Crippen LogP contribution in [0, 0.1) is 6.92 Å². The Labute approximate surface area is 117 Å². The Hall–Kier alpha value is -2.43. The van der Waals surface area contributed by atoms with Crippen molar-refractivity contribution in [3.63, 3.8) is 0 Å². The van der Waals surface area contributed by atoms with Gasteiger partial charge in [-0.25, -0.2) is 4.98 Å². The van der Waals surface area contributed by atoms with Crippen LogP contribution in [0.15, 0.2) is 36.4 Å². The maximum absolute atomic E-state index is 11.2. The van der Waals surface area contributed by atoms with E-state index in [0.717, 1.165) is 11.3 Å². The number of carbonyl (C=O) groups is 1. The zero-order valence-corrected chi connectivity index (χ0v) is 11.5. The van der Waals surface area contributed by atoms with Gasteiger partial charge in [0.1, 0.15) is 18.9 Å². The molecule has 1 heterocycles. The number of esters is 1. The first-order chi connectivity index (χ1) is 9.67. The van der Waals surface area contributed by atoms with Crippen LogP contribution in [0.3, 0.4) is 0 Å². The topological polar surface area (TPSA) is 61.3 Å². The Morgan fingerprint density at radius 2 is 1.95 bits per heavy atom. The molecule has 20 heavy (non-hydrogen) atoms. The van der Waals surface area contributed by atoms with Crippen molar-refractivity contribution >= 4 is 5.97 Å². The molecule has 0 fully saturated rings. The van der Waals surface area contributed by atoms with Crippen LogP contribution >= 0.6 is 0 Å². The molecule has 0 N–H and O–H groups in total. The number of aromatic nitrogens is 2. The average molecular weight is 272 g/mol. The van der Waals surface area contributed by atoms with Crippen molar-refractivity contribution in [1.29, 1.82) is 0 Å². The molecule has 2 aromatic rings. The largest absolute Gasteiger partial charge is 0.473 e. The van der Waals surface area contributed by atoms with E-state index < -0.39 is 0 Å². The van der Waals surface area contributed by atoms with Gasteiger partial charge in [0.15, 0.2) is 0 Å². The van der Waals surface area contributed by atoms with Crippen LogP contribution < -0.4 is 4.74 Å². The molecule has 0 aliphatic heterocycles. The molecule has 5 nitrogen and oxygen atoms in total. The third-order valence-corrected chi connectivity index (χ3v) is 2.64. The van der Waals surface area contributed by atoms with Crippen LogP contribution in [-0.2, 0) is 22.6 Å². The molecule has 104 valence electrons. The molecule has 1 aromatic carbocycles. The molecular weight excluding hydrogens is 256 g/mol. The highest BCUT2D eigenvalue weighted by Gasteiger charge is 2.09. The van der Waals surface area contributed by atoms with E-state index in [-0.39, 0.29) is 12.4 Å². The summed E-state index contributed by atoms with van der Waals surface area (Å²) in [6.07, 6.45) is 0.0415. The molecule has 0 bridgehead atoms. The summed E-state index contributed by atoms with van der Waals surface area (Å²) in [6, 6.07) is 11.5. The quantitative estimate of drug-likeness (QED) is 0.780. The summed E-state index contributed by atoms with van der Waals surface area (Å²) in [4.78, 5) is 19.6. The summed E-state index contributed by atoms with van der Waals surface area (Å²) >= 11 is 0. The lowest BCUT2D eigenvalue weighted by molar-refractivity contribution is -0.139. The van der Waals surface area contributed by atoms with Gasteiger partial charge in [-0.2, -0.15) is 4.98 Å². The van der Waals surface area contributed by atoms with Crippen molar-refractivity contribution in [3.8, 4) is 5.88 Å². The molecule has 0 saturated carbocycles. The van der Waals surface area contributed by atoms with Gasteiger partial charge >= 0.3 is 5.97 Å². The standard InChI is InChI=1S/C15H16N2O3/c1-11-8-14(17-13(16-11)9-15(18)19-2)20-10-12-6-4-3-5-7-12/h3-8H,9-10H2,1-2H3. The zero-order chi connectivity index (χ0) is 14.4. The Bertz CT molecular complexity index is 585. The molecule has 0 saturated heterocycles. The van der Waals surface area contributed by atoms with Gasteiger partial charge in [-0.3, -0.25) is 4.79 Å². The van der Waals surface area contributed by atoms with Gasteiger partial charge in [-0.1, -0.05) is 30.3 Å². The van der Waals surface area contributed by atoms with Gasteiger partial charge in [-0.15, -0.1) is 0 Å². The average Bonchev–Trinajstić information content (AvgIpc) is 2.45. The number of nitrogens with zero attached hydrogens (tertiary/aromatic N) is 2. The first-order valence-electron chi connectivity index (χ1n) is 6.25. The fourth-order valence-electron chi connectivity index (χ4n) is 1.68. The van der Waals surface area contributed by atoms with E-state index in [1.165, 1.54) is 7.11 Å². The third-order valence-electron chi connectivity index (χ3n) is 2.64. The predicted molar refractivity (Wildman–Crippen MR) is 73.3 cm³/mol. The van der Waals surface area contributed by atoms with Crippen LogP contribution in [0.4, 0.5) is 0 Å². The Morgan fingerprint density at radius 1 is 1.20 bits per heavy atom. The highest BCUT2D eigenvalue weighted by atomic mass is 16.5. The van der Waals surface area contributed by atoms with E-state index in [1.807, 2.05) is 37.3 Å². The van der Waals surface area contributed by atoms with Crippen LogP contribution in [0.1, 0.15) is 17.1 Å². The summed E-state index contributed by atoms with van der Waals surface area (Å²) in [5.74, 6) is 0.491. The second kappa shape index (κ2) is 6.65. The highest BCUT2D eigenvalue weighted by Crippen LogP contribution is 2.12. The third kappa shape index (κ3) is 4.05. The van der Waals surface area contributed by atoms with Gasteiger partial charge in [0.25, 0.3) is 0 Å². The van der Waals surface area contributed by atoms with Crippen molar-refractivity contribution in [3.05, 3.63) is 53.5 Å². The maximum Gasteiger partial charge on any atom is 0.313 e. The molecule has 5 heteroatoms. The Balaban J connectivity index is 2.06. The lowest BCUT2D eigenvalue weighted by atomic mass is 10.2. The zero-order valence-electron chi connectivity index (χ0n) is 11.5. The monoisotopic (exact) mass is 272 g/mol. The maximum atomic E-state index is 11.2. The smallest absolute Gasteiger partial charge is 0.313 e. The van der Waals surface area contributed by atoms with E-state index in [1.54, 1.807) is 6.07 Å². The van der Waals surface area contributed by atoms with Crippen LogP contribution in [0.5, 0.6) is 5.88 Å². The van der Waals surface area contributed by atoms with Gasteiger partial charge in [0, 0.05) is 11.8 Å². The second-order valence-electron chi connectivity index (χ2n) is 4.29. The Morgan fingerprint density at radius 3 is 2.65 bits per heavy atom. The van der Waals surface area contributed by atoms with E-state index in [2.05, 4.69) is 14.7 Å². The molecule has 2 rings (SSSR count). The normalized spacial score (nSPS) is 10.1. The molecule has 0 atom stereocenters. The Kier molecular flexibility index (Phi) is 4.65. The summed E-state index contributed by atoms with van der Waals surface area (Å²) in [6.45, 7) is 2.26. The van der Waals surface area contributed by atoms with E-state index >= 15 is 0 Å².